The van der Waals surface area contributed by atoms with Crippen LogP contribution in [0.2, 0.25) is 5.02 Å². The summed E-state index contributed by atoms with van der Waals surface area (Å²) in [6, 6.07) is 6.86. The summed E-state index contributed by atoms with van der Waals surface area (Å²) in [7, 11) is 1.60. The van der Waals surface area contributed by atoms with Crippen LogP contribution in [0.25, 0.3) is 0 Å². The molecule has 0 saturated heterocycles. The Morgan fingerprint density at radius 2 is 2.15 bits per heavy atom. The van der Waals surface area contributed by atoms with E-state index >= 15 is 0 Å². The molecule has 2 rings (SSSR count). The van der Waals surface area contributed by atoms with Gasteiger partial charge in [0.15, 0.2) is 0 Å². The fourth-order valence-corrected chi connectivity index (χ4v) is 1.90. The molecule has 0 aliphatic heterocycles. The minimum absolute atomic E-state index is 0.198. The van der Waals surface area contributed by atoms with Crippen LogP contribution in [-0.2, 0) is 0 Å². The van der Waals surface area contributed by atoms with E-state index in [1.54, 1.807) is 19.2 Å². The topological polar surface area (TPSA) is 77.2 Å². The predicted octanol–water partition coefficient (Wildman–Crippen LogP) is 2.89. The molecule has 0 spiro atoms. The highest BCUT2D eigenvalue weighted by Gasteiger charge is 2.10. The lowest BCUT2D eigenvalue weighted by Gasteiger charge is -2.09. The summed E-state index contributed by atoms with van der Waals surface area (Å²) < 4.78 is 5.16. The highest BCUT2D eigenvalue weighted by Crippen LogP contribution is 2.22. The number of anilines is 2. The second kappa shape index (κ2) is 5.79. The fraction of sp³-hybridized carbons (Fsp3) is 0.143. The van der Waals surface area contributed by atoms with Crippen molar-refractivity contribution in [3.63, 3.8) is 0 Å². The van der Waals surface area contributed by atoms with Gasteiger partial charge in [-0.2, -0.15) is 0 Å². The first kappa shape index (κ1) is 14.1. The summed E-state index contributed by atoms with van der Waals surface area (Å²) in [5, 5.41) is 3.02. The molecule has 0 aliphatic carbocycles. The molecule has 2 aromatic rings. The minimum atomic E-state index is -0.302. The Labute approximate surface area is 121 Å². The highest BCUT2D eigenvalue weighted by atomic mass is 35.5. The molecule has 0 radical (unpaired) electrons. The van der Waals surface area contributed by atoms with E-state index in [0.717, 1.165) is 11.3 Å². The molecule has 104 valence electrons. The van der Waals surface area contributed by atoms with E-state index in [9.17, 15) is 4.79 Å². The van der Waals surface area contributed by atoms with Gasteiger partial charge < -0.3 is 15.8 Å². The Morgan fingerprint density at radius 3 is 2.75 bits per heavy atom. The number of amides is 1. The average molecular weight is 292 g/mol. The summed E-state index contributed by atoms with van der Waals surface area (Å²) in [5.41, 5.74) is 7.45. The van der Waals surface area contributed by atoms with Crippen molar-refractivity contribution in [3.05, 3.63) is 46.6 Å². The smallest absolute Gasteiger partial charge is 0.257 e. The zero-order valence-electron chi connectivity index (χ0n) is 11.1. The van der Waals surface area contributed by atoms with Crippen molar-refractivity contribution < 1.29 is 9.53 Å². The third-order valence-electron chi connectivity index (χ3n) is 2.78. The van der Waals surface area contributed by atoms with Crippen LogP contribution < -0.4 is 15.8 Å². The van der Waals surface area contributed by atoms with Crippen molar-refractivity contribution in [1.29, 1.82) is 0 Å². The predicted molar refractivity (Wildman–Crippen MR) is 79.3 cm³/mol. The quantitative estimate of drug-likeness (QED) is 0.911. The van der Waals surface area contributed by atoms with Gasteiger partial charge >= 0.3 is 0 Å². The number of halogens is 1. The van der Waals surface area contributed by atoms with E-state index in [1.165, 1.54) is 12.3 Å². The second-order valence-electron chi connectivity index (χ2n) is 4.23. The molecule has 1 amide bonds. The molecule has 5 nitrogen and oxygen atoms in total. The Balaban J connectivity index is 2.19. The number of benzene rings is 1. The molecule has 3 N–H and O–H groups in total. The van der Waals surface area contributed by atoms with E-state index < -0.39 is 0 Å². The third-order valence-corrected chi connectivity index (χ3v) is 3.09. The molecule has 0 atom stereocenters. The van der Waals surface area contributed by atoms with Gasteiger partial charge in [-0.3, -0.25) is 4.79 Å². The van der Waals surface area contributed by atoms with Crippen LogP contribution >= 0.6 is 11.6 Å². The van der Waals surface area contributed by atoms with Crippen molar-refractivity contribution in [3.8, 4) is 5.75 Å². The summed E-state index contributed by atoms with van der Waals surface area (Å²) in [6.07, 6.45) is 1.38. The number of aryl methyl sites for hydroxylation is 1. The number of hydrogen-bond acceptors (Lipinski definition) is 4. The summed E-state index contributed by atoms with van der Waals surface area (Å²) in [5.74, 6) is 0.660. The molecule has 6 heteroatoms. The van der Waals surface area contributed by atoms with Gasteiger partial charge in [0, 0.05) is 11.9 Å². The Bertz CT molecular complexity index is 659. The molecule has 0 bridgehead atoms. The molecule has 0 unspecified atom stereocenters. The molecular formula is C14H14ClN3O2. The van der Waals surface area contributed by atoms with Crippen LogP contribution in [0.15, 0.2) is 30.5 Å². The molecule has 0 saturated carbocycles. The van der Waals surface area contributed by atoms with Gasteiger partial charge in [-0.05, 0) is 36.8 Å². The number of nitrogen functional groups attached to an aromatic ring is 1. The van der Waals surface area contributed by atoms with E-state index in [1.807, 2.05) is 13.0 Å². The maximum absolute atomic E-state index is 12.1. The van der Waals surface area contributed by atoms with E-state index in [-0.39, 0.29) is 16.7 Å². The van der Waals surface area contributed by atoms with Crippen LogP contribution in [0.4, 0.5) is 11.5 Å². The van der Waals surface area contributed by atoms with Gasteiger partial charge in [0.05, 0.1) is 17.7 Å². The van der Waals surface area contributed by atoms with Crippen molar-refractivity contribution in [2.45, 2.75) is 6.92 Å². The number of hydrogen-bond donors (Lipinski definition) is 2. The largest absolute Gasteiger partial charge is 0.496 e. The van der Waals surface area contributed by atoms with Gasteiger partial charge in [0.2, 0.25) is 0 Å². The number of rotatable bonds is 3. The van der Waals surface area contributed by atoms with Gasteiger partial charge in [-0.15, -0.1) is 0 Å². The normalized spacial score (nSPS) is 10.2. The van der Waals surface area contributed by atoms with Crippen molar-refractivity contribution in [2.24, 2.45) is 0 Å². The van der Waals surface area contributed by atoms with Crippen LogP contribution in [0.3, 0.4) is 0 Å². The van der Waals surface area contributed by atoms with Gasteiger partial charge in [-0.25, -0.2) is 4.98 Å². The number of aromatic nitrogens is 1. The summed E-state index contributed by atoms with van der Waals surface area (Å²) >= 11 is 5.84. The van der Waals surface area contributed by atoms with E-state index in [4.69, 9.17) is 22.1 Å². The molecule has 1 aromatic heterocycles. The van der Waals surface area contributed by atoms with Crippen molar-refractivity contribution in [2.75, 3.05) is 18.2 Å². The summed E-state index contributed by atoms with van der Waals surface area (Å²) in [6.45, 7) is 1.90. The number of nitrogens with zero attached hydrogens (tertiary/aromatic N) is 1. The molecular weight excluding hydrogens is 278 g/mol. The lowest BCUT2D eigenvalue weighted by atomic mass is 10.2. The first-order chi connectivity index (χ1) is 9.51. The maximum Gasteiger partial charge on any atom is 0.257 e. The van der Waals surface area contributed by atoms with Gasteiger partial charge in [0.1, 0.15) is 11.6 Å². The zero-order valence-corrected chi connectivity index (χ0v) is 11.9. The van der Waals surface area contributed by atoms with Gasteiger partial charge in [-0.1, -0.05) is 11.6 Å². The van der Waals surface area contributed by atoms with Gasteiger partial charge in [0.25, 0.3) is 5.91 Å². The van der Waals surface area contributed by atoms with Crippen molar-refractivity contribution >= 4 is 29.0 Å². The standard InChI is InChI=1S/C14H14ClN3O2/c1-8-5-10(3-4-12(8)20-2)18-14(19)9-6-11(15)13(16)17-7-9/h3-7H,1-2H3,(H2,16,17)(H,18,19). The van der Waals surface area contributed by atoms with E-state index in [0.29, 0.717) is 11.3 Å². The van der Waals surface area contributed by atoms with Crippen LogP contribution in [-0.4, -0.2) is 18.0 Å². The maximum atomic E-state index is 12.1. The van der Waals surface area contributed by atoms with Crippen molar-refractivity contribution in [1.82, 2.24) is 4.98 Å². The number of pyridine rings is 1. The lowest BCUT2D eigenvalue weighted by Crippen LogP contribution is -2.12. The molecule has 0 fully saturated rings. The summed E-state index contributed by atoms with van der Waals surface area (Å²) in [4.78, 5) is 15.9. The molecule has 0 aliphatic rings. The average Bonchev–Trinajstić information content (AvgIpc) is 2.42. The SMILES string of the molecule is COc1ccc(NC(=O)c2cnc(N)c(Cl)c2)cc1C. The molecule has 20 heavy (non-hydrogen) atoms. The number of carbonyl (C=O) groups excluding carboxylic acids is 1. The van der Waals surface area contributed by atoms with Crippen LogP contribution in [0.5, 0.6) is 5.75 Å². The highest BCUT2D eigenvalue weighted by molar-refractivity contribution is 6.33. The number of nitrogens with one attached hydrogen (secondary N) is 1. The molecule has 1 aromatic carbocycles. The third kappa shape index (κ3) is 3.00. The Morgan fingerprint density at radius 1 is 1.40 bits per heavy atom. The Hall–Kier alpha value is -2.27. The Kier molecular flexibility index (Phi) is 4.10. The number of carbonyl (C=O) groups is 1. The van der Waals surface area contributed by atoms with Crippen LogP contribution in [0.1, 0.15) is 15.9 Å². The van der Waals surface area contributed by atoms with E-state index in [2.05, 4.69) is 10.3 Å². The zero-order chi connectivity index (χ0) is 14.7. The second-order valence-corrected chi connectivity index (χ2v) is 4.64. The lowest BCUT2D eigenvalue weighted by molar-refractivity contribution is 0.102. The first-order valence-corrected chi connectivity index (χ1v) is 6.26. The fourth-order valence-electron chi connectivity index (χ4n) is 1.73. The first-order valence-electron chi connectivity index (χ1n) is 5.88. The minimum Gasteiger partial charge on any atom is -0.496 e. The number of ether oxygens (including phenoxy) is 1. The number of nitrogens with two attached hydrogens (primary N) is 1. The monoisotopic (exact) mass is 291 g/mol. The number of methoxy groups -OCH3 is 1. The molecule has 1 heterocycles. The van der Waals surface area contributed by atoms with Crippen LogP contribution in [0, 0.1) is 6.92 Å².